The normalized spacial score (nSPS) is 15.6. The molecule has 0 unspecified atom stereocenters. The molecule has 196 valence electrons. The second-order valence-corrected chi connectivity index (χ2v) is 9.36. The van der Waals surface area contributed by atoms with Gasteiger partial charge in [-0.15, -0.1) is 5.10 Å². The predicted molar refractivity (Wildman–Crippen MR) is 129 cm³/mol. The second kappa shape index (κ2) is 8.92. The molecule has 10 nitrogen and oxygen atoms in total. The van der Waals surface area contributed by atoms with Crippen molar-refractivity contribution in [1.29, 1.82) is 0 Å². The number of carbonyl (C=O) groups is 1. The van der Waals surface area contributed by atoms with E-state index >= 15 is 0 Å². The standard InChI is InChI=1S/C25H23F3N8O2/c1-34-12-17(25(26,27)28)31-22(34)16-5-3-14(4-6-16)11-35-18(37)9-10-36-24(35)32-21(33-36)19-20(15-7-8-15)29-13-30-23(19)38-2/h3-6,12-13,15H,7-11H2,1-2H3. The van der Waals surface area contributed by atoms with E-state index in [1.807, 2.05) is 0 Å². The van der Waals surface area contributed by atoms with Gasteiger partial charge in [0.15, 0.2) is 11.5 Å². The van der Waals surface area contributed by atoms with Crippen molar-refractivity contribution in [3.8, 4) is 28.7 Å². The fraction of sp³-hybridized carbons (Fsp3) is 0.360. The summed E-state index contributed by atoms with van der Waals surface area (Å²) in [6.45, 7) is 0.621. The minimum absolute atomic E-state index is 0.0989. The van der Waals surface area contributed by atoms with Crippen LogP contribution in [0.1, 0.15) is 42.1 Å². The average Bonchev–Trinajstić information content (AvgIpc) is 3.53. The Morgan fingerprint density at radius 2 is 1.87 bits per heavy atom. The molecule has 3 aromatic heterocycles. The van der Waals surface area contributed by atoms with E-state index in [1.165, 1.54) is 25.1 Å². The lowest BCUT2D eigenvalue weighted by Crippen LogP contribution is -2.37. The summed E-state index contributed by atoms with van der Waals surface area (Å²) in [6.07, 6.45) is 0.226. The highest BCUT2D eigenvalue weighted by Gasteiger charge is 2.35. The maximum absolute atomic E-state index is 13.1. The third-order valence-electron chi connectivity index (χ3n) is 6.67. The molecular weight excluding hydrogens is 501 g/mol. The third kappa shape index (κ3) is 4.27. The number of aromatic nitrogens is 7. The van der Waals surface area contributed by atoms with E-state index in [2.05, 4.69) is 20.1 Å². The second-order valence-electron chi connectivity index (χ2n) is 9.36. The molecule has 6 rings (SSSR count). The zero-order valence-electron chi connectivity index (χ0n) is 20.6. The molecule has 0 N–H and O–H groups in total. The summed E-state index contributed by atoms with van der Waals surface area (Å²) in [6, 6.07) is 6.91. The smallest absolute Gasteiger partial charge is 0.434 e. The van der Waals surface area contributed by atoms with Crippen molar-refractivity contribution in [2.75, 3.05) is 12.0 Å². The van der Waals surface area contributed by atoms with E-state index in [-0.39, 0.29) is 24.7 Å². The van der Waals surface area contributed by atoms with Crippen LogP contribution in [0.25, 0.3) is 22.8 Å². The van der Waals surface area contributed by atoms with Crippen LogP contribution in [0.3, 0.4) is 0 Å². The van der Waals surface area contributed by atoms with Crippen molar-refractivity contribution in [3.05, 3.63) is 53.7 Å². The van der Waals surface area contributed by atoms with Crippen molar-refractivity contribution < 1.29 is 22.7 Å². The van der Waals surface area contributed by atoms with E-state index < -0.39 is 11.9 Å². The van der Waals surface area contributed by atoms with Crippen LogP contribution in [-0.4, -0.2) is 47.3 Å². The number of ether oxygens (including phenoxy) is 1. The van der Waals surface area contributed by atoms with Crippen molar-refractivity contribution in [2.45, 2.75) is 44.4 Å². The maximum atomic E-state index is 13.1. The largest absolute Gasteiger partial charge is 0.480 e. The lowest BCUT2D eigenvalue weighted by atomic mass is 10.1. The summed E-state index contributed by atoms with van der Waals surface area (Å²) in [7, 11) is 3.05. The third-order valence-corrected chi connectivity index (χ3v) is 6.67. The summed E-state index contributed by atoms with van der Waals surface area (Å²) < 4.78 is 47.7. The zero-order valence-corrected chi connectivity index (χ0v) is 20.6. The molecule has 1 aliphatic carbocycles. The van der Waals surface area contributed by atoms with Gasteiger partial charge in [0.2, 0.25) is 17.7 Å². The lowest BCUT2D eigenvalue weighted by molar-refractivity contribution is -0.140. The summed E-state index contributed by atoms with van der Waals surface area (Å²) in [5, 5.41) is 4.66. The molecule has 1 amide bonds. The van der Waals surface area contributed by atoms with Crippen molar-refractivity contribution in [3.63, 3.8) is 0 Å². The Bertz CT molecular complexity index is 1520. The molecule has 0 atom stereocenters. The van der Waals surface area contributed by atoms with Gasteiger partial charge in [-0.05, 0) is 18.4 Å². The van der Waals surface area contributed by atoms with E-state index in [1.54, 1.807) is 33.8 Å². The summed E-state index contributed by atoms with van der Waals surface area (Å²) in [4.78, 5) is 31.6. The Morgan fingerprint density at radius 1 is 1.11 bits per heavy atom. The van der Waals surface area contributed by atoms with Gasteiger partial charge in [0.1, 0.15) is 17.7 Å². The number of rotatable bonds is 6. The minimum Gasteiger partial charge on any atom is -0.480 e. The number of anilines is 1. The number of amides is 1. The monoisotopic (exact) mass is 524 g/mol. The van der Waals surface area contributed by atoms with Crippen molar-refractivity contribution >= 4 is 11.9 Å². The number of halogens is 3. The van der Waals surface area contributed by atoms with Crippen LogP contribution in [0.4, 0.5) is 19.1 Å². The van der Waals surface area contributed by atoms with Crippen LogP contribution in [-0.2, 0) is 31.1 Å². The fourth-order valence-corrected chi connectivity index (χ4v) is 4.62. The lowest BCUT2D eigenvalue weighted by Gasteiger charge is -2.26. The summed E-state index contributed by atoms with van der Waals surface area (Å²) >= 11 is 0. The van der Waals surface area contributed by atoms with Crippen LogP contribution >= 0.6 is 0 Å². The minimum atomic E-state index is -4.52. The molecule has 38 heavy (non-hydrogen) atoms. The maximum Gasteiger partial charge on any atom is 0.434 e. The van der Waals surface area contributed by atoms with Gasteiger partial charge in [-0.25, -0.2) is 19.6 Å². The molecule has 1 aromatic carbocycles. The molecular formula is C25H23F3N8O2. The van der Waals surface area contributed by atoms with Gasteiger partial charge in [-0.2, -0.15) is 18.2 Å². The number of carbonyl (C=O) groups excluding carboxylic acids is 1. The SMILES string of the molecule is COc1ncnc(C2CC2)c1-c1nc2n(n1)CCC(=O)N2Cc1ccc(-c2nc(C(F)(F)F)cn2C)cc1. The Balaban J connectivity index is 1.29. The number of aryl methyl sites for hydroxylation is 2. The van der Waals surface area contributed by atoms with E-state index in [0.717, 1.165) is 30.3 Å². The Morgan fingerprint density at radius 3 is 2.53 bits per heavy atom. The molecule has 1 saturated carbocycles. The van der Waals surface area contributed by atoms with E-state index in [0.29, 0.717) is 41.2 Å². The Labute approximate surface area is 215 Å². The predicted octanol–water partition coefficient (Wildman–Crippen LogP) is 3.98. The summed E-state index contributed by atoms with van der Waals surface area (Å²) in [5.74, 6) is 1.62. The van der Waals surface area contributed by atoms with Crippen LogP contribution < -0.4 is 9.64 Å². The first-order chi connectivity index (χ1) is 18.2. The number of benzene rings is 1. The topological polar surface area (TPSA) is 104 Å². The number of methoxy groups -OCH3 is 1. The molecule has 0 saturated heterocycles. The van der Waals surface area contributed by atoms with Crippen LogP contribution in [0.5, 0.6) is 5.88 Å². The van der Waals surface area contributed by atoms with Crippen LogP contribution in [0, 0.1) is 0 Å². The molecule has 1 fully saturated rings. The van der Waals surface area contributed by atoms with Gasteiger partial charge >= 0.3 is 6.18 Å². The van der Waals surface area contributed by atoms with Crippen LogP contribution in [0.2, 0.25) is 0 Å². The zero-order chi connectivity index (χ0) is 26.6. The van der Waals surface area contributed by atoms with Gasteiger partial charge in [0.25, 0.3) is 0 Å². The molecule has 0 spiro atoms. The van der Waals surface area contributed by atoms with Gasteiger partial charge in [-0.3, -0.25) is 9.69 Å². The number of alkyl halides is 3. The van der Waals surface area contributed by atoms with Crippen molar-refractivity contribution in [2.24, 2.45) is 7.05 Å². The number of hydrogen-bond donors (Lipinski definition) is 0. The summed E-state index contributed by atoms with van der Waals surface area (Å²) in [5.41, 5.74) is 1.86. The van der Waals surface area contributed by atoms with Gasteiger partial charge < -0.3 is 9.30 Å². The highest BCUT2D eigenvalue weighted by Crippen LogP contribution is 2.45. The fourth-order valence-electron chi connectivity index (χ4n) is 4.62. The first kappa shape index (κ1) is 24.1. The highest BCUT2D eigenvalue weighted by molar-refractivity contribution is 5.93. The molecule has 4 aromatic rings. The first-order valence-corrected chi connectivity index (χ1v) is 12.1. The molecule has 2 aliphatic rings. The number of hydrogen-bond acceptors (Lipinski definition) is 7. The average molecular weight is 525 g/mol. The van der Waals surface area contributed by atoms with Gasteiger partial charge in [0.05, 0.1) is 25.9 Å². The number of nitrogens with zero attached hydrogens (tertiary/aromatic N) is 8. The van der Waals surface area contributed by atoms with Gasteiger partial charge in [0, 0.05) is 31.1 Å². The first-order valence-electron chi connectivity index (χ1n) is 12.1. The molecule has 13 heteroatoms. The number of fused-ring (bicyclic) bond motifs is 1. The van der Waals surface area contributed by atoms with E-state index in [9.17, 15) is 18.0 Å². The van der Waals surface area contributed by atoms with Gasteiger partial charge in [-0.1, -0.05) is 24.3 Å². The van der Waals surface area contributed by atoms with Crippen LogP contribution in [0.15, 0.2) is 36.8 Å². The molecule has 1 aliphatic heterocycles. The molecule has 4 heterocycles. The van der Waals surface area contributed by atoms with Crippen molar-refractivity contribution in [1.82, 2.24) is 34.3 Å². The quantitative estimate of drug-likeness (QED) is 0.376. The molecule has 0 radical (unpaired) electrons. The number of imidazole rings is 1. The Kier molecular flexibility index (Phi) is 5.65. The Hall–Kier alpha value is -4.29. The highest BCUT2D eigenvalue weighted by atomic mass is 19.4. The molecule has 0 bridgehead atoms. The van der Waals surface area contributed by atoms with E-state index in [4.69, 9.17) is 9.72 Å².